The van der Waals surface area contributed by atoms with E-state index in [0.717, 1.165) is 24.4 Å². The van der Waals surface area contributed by atoms with Crippen LogP contribution in [0.25, 0.3) is 11.3 Å². The van der Waals surface area contributed by atoms with Crippen LogP contribution in [0, 0.1) is 5.92 Å². The van der Waals surface area contributed by atoms with E-state index >= 15 is 0 Å². The van der Waals surface area contributed by atoms with Crippen LogP contribution in [-0.4, -0.2) is 35.4 Å². The predicted molar refractivity (Wildman–Crippen MR) is 109 cm³/mol. The fourth-order valence-electron chi connectivity index (χ4n) is 3.93. The second kappa shape index (κ2) is 8.40. The molecular formula is C23H25N3O2. The van der Waals surface area contributed by atoms with Gasteiger partial charge in [0.05, 0.1) is 6.20 Å². The summed E-state index contributed by atoms with van der Waals surface area (Å²) in [6.45, 7) is 2.03. The summed E-state index contributed by atoms with van der Waals surface area (Å²) >= 11 is 0. The first kappa shape index (κ1) is 18.4. The van der Waals surface area contributed by atoms with Gasteiger partial charge in [0.1, 0.15) is 0 Å². The Hall–Kier alpha value is -2.92. The molecule has 2 N–H and O–H groups in total. The van der Waals surface area contributed by atoms with E-state index < -0.39 is 0 Å². The summed E-state index contributed by atoms with van der Waals surface area (Å²) in [6, 6.07) is 20.2. The van der Waals surface area contributed by atoms with Crippen LogP contribution in [0.5, 0.6) is 0 Å². The van der Waals surface area contributed by atoms with Crippen molar-refractivity contribution in [1.82, 2.24) is 9.88 Å². The van der Waals surface area contributed by atoms with Gasteiger partial charge >= 0.3 is 0 Å². The molecule has 1 fully saturated rings. The lowest BCUT2D eigenvalue weighted by atomic mass is 9.89. The number of nitrogens with two attached hydrogens (primary N) is 1. The first-order valence-corrected chi connectivity index (χ1v) is 9.77. The highest BCUT2D eigenvalue weighted by molar-refractivity contribution is 5.77. The summed E-state index contributed by atoms with van der Waals surface area (Å²) in [5.74, 6) is 2.08. The summed E-state index contributed by atoms with van der Waals surface area (Å²) in [5.41, 5.74) is 8.23. The molecule has 1 saturated heterocycles. The molecule has 3 aromatic rings. The number of amides is 1. The zero-order valence-corrected chi connectivity index (χ0v) is 15.8. The highest BCUT2D eigenvalue weighted by Gasteiger charge is 2.35. The number of benzene rings is 2. The highest BCUT2D eigenvalue weighted by Crippen LogP contribution is 2.32. The van der Waals surface area contributed by atoms with Crippen molar-refractivity contribution in [2.75, 3.05) is 19.6 Å². The molecule has 1 aliphatic heterocycles. The lowest BCUT2D eigenvalue weighted by Gasteiger charge is -2.16. The number of rotatable bonds is 6. The molecule has 0 unspecified atom stereocenters. The van der Waals surface area contributed by atoms with Gasteiger partial charge < -0.3 is 15.1 Å². The van der Waals surface area contributed by atoms with Crippen molar-refractivity contribution in [2.24, 2.45) is 11.7 Å². The largest absolute Gasteiger partial charge is 0.441 e. The normalized spacial score (nSPS) is 19.1. The number of aromatic nitrogens is 1. The van der Waals surface area contributed by atoms with Crippen LogP contribution in [0.4, 0.5) is 0 Å². The van der Waals surface area contributed by atoms with E-state index in [1.165, 1.54) is 5.56 Å². The molecule has 2 heterocycles. The standard InChI is InChI=1S/C23H25N3O2/c24-13-19-15-26(16-20(19)17-7-3-1-4-8-17)23(27)12-11-22-25-14-21(28-22)18-9-5-2-6-10-18/h1-10,14,19-20H,11-13,15-16,24H2/t19-,20+/m1/s1. The van der Waals surface area contributed by atoms with Gasteiger partial charge in [0.2, 0.25) is 5.91 Å². The maximum absolute atomic E-state index is 12.7. The molecule has 2 atom stereocenters. The summed E-state index contributed by atoms with van der Waals surface area (Å²) in [7, 11) is 0. The van der Waals surface area contributed by atoms with E-state index in [1.807, 2.05) is 53.4 Å². The van der Waals surface area contributed by atoms with E-state index in [1.54, 1.807) is 6.20 Å². The van der Waals surface area contributed by atoms with Crippen LogP contribution >= 0.6 is 0 Å². The first-order valence-electron chi connectivity index (χ1n) is 9.77. The third-order valence-electron chi connectivity index (χ3n) is 5.49. The molecule has 0 spiro atoms. The van der Waals surface area contributed by atoms with Crippen molar-refractivity contribution in [3.05, 3.63) is 78.3 Å². The minimum absolute atomic E-state index is 0.136. The van der Waals surface area contributed by atoms with Gasteiger partial charge in [-0.15, -0.1) is 0 Å². The van der Waals surface area contributed by atoms with Gasteiger partial charge in [0.15, 0.2) is 11.7 Å². The highest BCUT2D eigenvalue weighted by atomic mass is 16.4. The molecule has 1 amide bonds. The Kier molecular flexibility index (Phi) is 5.53. The van der Waals surface area contributed by atoms with Crippen LogP contribution < -0.4 is 5.73 Å². The lowest BCUT2D eigenvalue weighted by Crippen LogP contribution is -2.30. The van der Waals surface area contributed by atoms with Gasteiger partial charge in [0.25, 0.3) is 0 Å². The molecule has 5 heteroatoms. The van der Waals surface area contributed by atoms with Crippen LogP contribution in [0.2, 0.25) is 0 Å². The van der Waals surface area contributed by atoms with Crippen molar-refractivity contribution < 1.29 is 9.21 Å². The number of nitrogens with zero attached hydrogens (tertiary/aromatic N) is 2. The Labute approximate surface area is 165 Å². The van der Waals surface area contributed by atoms with Gasteiger partial charge in [-0.05, 0) is 18.0 Å². The van der Waals surface area contributed by atoms with Crippen LogP contribution in [0.1, 0.15) is 23.8 Å². The number of hydrogen-bond acceptors (Lipinski definition) is 4. The first-order chi connectivity index (χ1) is 13.7. The Morgan fingerprint density at radius 3 is 2.50 bits per heavy atom. The molecule has 0 bridgehead atoms. The quantitative estimate of drug-likeness (QED) is 0.716. The average molecular weight is 375 g/mol. The van der Waals surface area contributed by atoms with Crippen molar-refractivity contribution >= 4 is 5.91 Å². The van der Waals surface area contributed by atoms with Gasteiger partial charge in [0, 0.05) is 37.4 Å². The minimum atomic E-state index is 0.136. The topological polar surface area (TPSA) is 72.4 Å². The predicted octanol–water partition coefficient (Wildman–Crippen LogP) is 3.48. The SMILES string of the molecule is NC[C@@H]1CN(C(=O)CCc2ncc(-c3ccccc3)o2)C[C@H]1c1ccccc1. The zero-order chi connectivity index (χ0) is 19.3. The van der Waals surface area contributed by atoms with Gasteiger partial charge in [-0.25, -0.2) is 4.98 Å². The van der Waals surface area contributed by atoms with Gasteiger partial charge in [-0.1, -0.05) is 60.7 Å². The average Bonchev–Trinajstić information content (AvgIpc) is 3.40. The van der Waals surface area contributed by atoms with Crippen LogP contribution in [-0.2, 0) is 11.2 Å². The molecule has 0 saturated carbocycles. The molecular weight excluding hydrogens is 350 g/mol. The fraction of sp³-hybridized carbons (Fsp3) is 0.304. The maximum atomic E-state index is 12.7. The Morgan fingerprint density at radius 2 is 1.79 bits per heavy atom. The Balaban J connectivity index is 1.36. The number of aryl methyl sites for hydroxylation is 1. The fourth-order valence-corrected chi connectivity index (χ4v) is 3.93. The Morgan fingerprint density at radius 1 is 1.07 bits per heavy atom. The summed E-state index contributed by atoms with van der Waals surface area (Å²) in [4.78, 5) is 19.0. The number of oxazole rings is 1. The number of carbonyl (C=O) groups excluding carboxylic acids is 1. The van der Waals surface area contributed by atoms with Crippen molar-refractivity contribution in [1.29, 1.82) is 0 Å². The number of hydrogen-bond donors (Lipinski definition) is 1. The molecule has 0 radical (unpaired) electrons. The third-order valence-corrected chi connectivity index (χ3v) is 5.49. The van der Waals surface area contributed by atoms with Gasteiger partial charge in [-0.3, -0.25) is 4.79 Å². The number of carbonyl (C=O) groups is 1. The van der Waals surface area contributed by atoms with Crippen molar-refractivity contribution in [2.45, 2.75) is 18.8 Å². The maximum Gasteiger partial charge on any atom is 0.223 e. The second-order valence-electron chi connectivity index (χ2n) is 7.30. The second-order valence-corrected chi connectivity index (χ2v) is 7.30. The molecule has 5 nitrogen and oxygen atoms in total. The summed E-state index contributed by atoms with van der Waals surface area (Å²) in [6.07, 6.45) is 2.62. The number of likely N-dealkylation sites (tertiary alicyclic amines) is 1. The van der Waals surface area contributed by atoms with Crippen LogP contribution in [0.15, 0.2) is 71.3 Å². The molecule has 4 rings (SSSR count). The zero-order valence-electron chi connectivity index (χ0n) is 15.8. The minimum Gasteiger partial charge on any atom is -0.441 e. The molecule has 1 aromatic heterocycles. The molecule has 2 aromatic carbocycles. The summed E-state index contributed by atoms with van der Waals surface area (Å²) in [5, 5.41) is 0. The Bertz CT molecular complexity index is 908. The molecule has 28 heavy (non-hydrogen) atoms. The molecule has 144 valence electrons. The van der Waals surface area contributed by atoms with E-state index in [9.17, 15) is 4.79 Å². The van der Waals surface area contributed by atoms with Crippen LogP contribution in [0.3, 0.4) is 0 Å². The lowest BCUT2D eigenvalue weighted by molar-refractivity contribution is -0.130. The summed E-state index contributed by atoms with van der Waals surface area (Å²) < 4.78 is 5.81. The van der Waals surface area contributed by atoms with E-state index in [0.29, 0.717) is 37.1 Å². The van der Waals surface area contributed by atoms with Crippen molar-refractivity contribution in [3.63, 3.8) is 0 Å². The van der Waals surface area contributed by atoms with Gasteiger partial charge in [-0.2, -0.15) is 0 Å². The van der Waals surface area contributed by atoms with Crippen molar-refractivity contribution in [3.8, 4) is 11.3 Å². The smallest absolute Gasteiger partial charge is 0.223 e. The van der Waals surface area contributed by atoms with E-state index in [4.69, 9.17) is 10.2 Å². The third kappa shape index (κ3) is 3.99. The monoisotopic (exact) mass is 375 g/mol. The van der Waals surface area contributed by atoms with E-state index in [2.05, 4.69) is 17.1 Å². The molecule has 1 aliphatic rings. The van der Waals surface area contributed by atoms with E-state index in [-0.39, 0.29) is 5.91 Å². The molecule has 0 aliphatic carbocycles.